The highest BCUT2D eigenvalue weighted by Crippen LogP contribution is 2.56. The van der Waals surface area contributed by atoms with Gasteiger partial charge >= 0.3 is 0 Å². The maximum Gasteiger partial charge on any atom is 0.164 e. The molecule has 0 spiro atoms. The summed E-state index contributed by atoms with van der Waals surface area (Å²) in [6, 6.07) is 80.5. The molecule has 0 fully saturated rings. The van der Waals surface area contributed by atoms with E-state index in [0.717, 1.165) is 27.8 Å². The van der Waals surface area contributed by atoms with E-state index in [1.165, 1.54) is 64.7 Å². The average molecular weight is 808 g/mol. The van der Waals surface area contributed by atoms with Gasteiger partial charge in [0.05, 0.1) is 5.41 Å². The first-order chi connectivity index (χ1) is 30.7. The average Bonchev–Trinajstić information content (AvgIpc) is 3.88. The fourth-order valence-electron chi connectivity index (χ4n) is 9.51. The predicted octanol–water partition coefficient (Wildman–Crippen LogP) is 14.9. The molecule has 0 saturated heterocycles. The molecular weight excluding hydrogens is 771 g/mol. The minimum absolute atomic E-state index is 0.480. The summed E-state index contributed by atoms with van der Waals surface area (Å²) in [6.45, 7) is 0. The van der Waals surface area contributed by atoms with Crippen LogP contribution in [-0.2, 0) is 5.41 Å². The first-order valence-corrected chi connectivity index (χ1v) is 21.8. The molecule has 0 radical (unpaired) electrons. The summed E-state index contributed by atoms with van der Waals surface area (Å²) in [5.41, 5.74) is 14.4. The normalized spacial score (nSPS) is 12.6. The minimum Gasteiger partial charge on any atom is -0.208 e. The molecule has 9 aromatic carbocycles. The molecule has 0 N–H and O–H groups in total. The van der Waals surface area contributed by atoms with Gasteiger partial charge in [0.2, 0.25) is 0 Å². The number of fused-ring (bicyclic) bond motifs is 6. The highest BCUT2D eigenvalue weighted by atomic mass is 32.1. The van der Waals surface area contributed by atoms with Gasteiger partial charge in [-0.1, -0.05) is 206 Å². The maximum absolute atomic E-state index is 5.25. The standard InChI is InChI=1S/C58H37N3S/c1-4-14-38(15-5-1)39-24-28-41(29-25-39)55-59-56(42-30-26-40(27-31-42)43-32-34-49-48-21-11-13-23-53(48)62-54(49)37-43)61-57(60-55)44-33-35-52-50(36-44)47-20-10-12-22-51(47)58(52,45-16-6-2-7-17-45)46-18-8-3-9-19-46/h1-37H. The molecule has 0 bridgehead atoms. The molecule has 2 aromatic heterocycles. The van der Waals surface area contributed by atoms with Crippen molar-refractivity contribution in [3.63, 3.8) is 0 Å². The summed E-state index contributed by atoms with van der Waals surface area (Å²) in [7, 11) is 0. The number of nitrogens with zero attached hydrogens (tertiary/aromatic N) is 3. The lowest BCUT2D eigenvalue weighted by molar-refractivity contribution is 0.768. The van der Waals surface area contributed by atoms with Crippen molar-refractivity contribution < 1.29 is 0 Å². The van der Waals surface area contributed by atoms with Crippen LogP contribution in [0.1, 0.15) is 22.3 Å². The second kappa shape index (κ2) is 14.7. The van der Waals surface area contributed by atoms with Gasteiger partial charge in [-0.2, -0.15) is 0 Å². The SMILES string of the molecule is c1ccc(-c2ccc(-c3nc(-c4ccc(-c5ccc6c(c5)sc5ccccc56)cc4)nc(-c4ccc5c(c4)-c4ccccc4C5(c4ccccc4)c4ccccc4)n3)cc2)cc1. The van der Waals surface area contributed by atoms with Crippen LogP contribution in [0.3, 0.4) is 0 Å². The monoisotopic (exact) mass is 807 g/mol. The van der Waals surface area contributed by atoms with Gasteiger partial charge in [0.25, 0.3) is 0 Å². The molecule has 0 unspecified atom stereocenters. The van der Waals surface area contributed by atoms with E-state index < -0.39 is 5.41 Å². The van der Waals surface area contributed by atoms with Crippen LogP contribution in [0.4, 0.5) is 0 Å². The lowest BCUT2D eigenvalue weighted by Gasteiger charge is -2.33. The number of thiophene rings is 1. The van der Waals surface area contributed by atoms with Gasteiger partial charge in [0.15, 0.2) is 17.5 Å². The molecular formula is C58H37N3S. The van der Waals surface area contributed by atoms with E-state index in [0.29, 0.717) is 17.5 Å². The van der Waals surface area contributed by atoms with Crippen LogP contribution in [0.15, 0.2) is 224 Å². The van der Waals surface area contributed by atoms with E-state index >= 15 is 0 Å². The smallest absolute Gasteiger partial charge is 0.164 e. The molecule has 12 rings (SSSR count). The third kappa shape index (κ3) is 5.91. The van der Waals surface area contributed by atoms with Crippen LogP contribution in [0.2, 0.25) is 0 Å². The van der Waals surface area contributed by atoms with Gasteiger partial charge < -0.3 is 0 Å². The molecule has 290 valence electrons. The molecule has 3 nitrogen and oxygen atoms in total. The summed E-state index contributed by atoms with van der Waals surface area (Å²) in [4.78, 5) is 15.6. The molecule has 0 amide bonds. The Hall–Kier alpha value is -7.79. The summed E-state index contributed by atoms with van der Waals surface area (Å²) >= 11 is 1.84. The van der Waals surface area contributed by atoms with E-state index in [-0.39, 0.29) is 0 Å². The number of aromatic nitrogens is 3. The Morgan fingerprint density at radius 2 is 0.742 bits per heavy atom. The van der Waals surface area contributed by atoms with Crippen molar-refractivity contribution in [2.45, 2.75) is 5.41 Å². The van der Waals surface area contributed by atoms with E-state index in [4.69, 9.17) is 15.0 Å². The van der Waals surface area contributed by atoms with Gasteiger partial charge in [-0.15, -0.1) is 11.3 Å². The molecule has 0 atom stereocenters. The van der Waals surface area contributed by atoms with E-state index in [1.54, 1.807) is 0 Å². The summed E-state index contributed by atoms with van der Waals surface area (Å²) in [5, 5.41) is 2.61. The van der Waals surface area contributed by atoms with Crippen molar-refractivity contribution in [2.75, 3.05) is 0 Å². The second-order valence-electron chi connectivity index (χ2n) is 15.9. The first-order valence-electron chi connectivity index (χ1n) is 21.0. The van der Waals surface area contributed by atoms with Gasteiger partial charge in [-0.3, -0.25) is 0 Å². The van der Waals surface area contributed by atoms with E-state index in [9.17, 15) is 0 Å². The van der Waals surface area contributed by atoms with Crippen molar-refractivity contribution in [1.29, 1.82) is 0 Å². The molecule has 0 aliphatic heterocycles. The van der Waals surface area contributed by atoms with Crippen LogP contribution >= 0.6 is 11.3 Å². The van der Waals surface area contributed by atoms with E-state index in [1.807, 2.05) is 17.4 Å². The third-order valence-electron chi connectivity index (χ3n) is 12.5. The minimum atomic E-state index is -0.480. The van der Waals surface area contributed by atoms with Crippen molar-refractivity contribution >= 4 is 31.5 Å². The van der Waals surface area contributed by atoms with Crippen molar-refractivity contribution in [3.05, 3.63) is 247 Å². The first kappa shape index (κ1) is 36.1. The van der Waals surface area contributed by atoms with Crippen molar-refractivity contribution in [3.8, 4) is 67.5 Å². The van der Waals surface area contributed by atoms with Crippen LogP contribution in [-0.4, -0.2) is 15.0 Å². The highest BCUT2D eigenvalue weighted by Gasteiger charge is 2.46. The molecule has 1 aliphatic rings. The van der Waals surface area contributed by atoms with Crippen LogP contribution in [0.5, 0.6) is 0 Å². The largest absolute Gasteiger partial charge is 0.208 e. The summed E-state index contributed by atoms with van der Waals surface area (Å²) in [6.07, 6.45) is 0. The zero-order valence-corrected chi connectivity index (χ0v) is 34.4. The van der Waals surface area contributed by atoms with Crippen LogP contribution < -0.4 is 0 Å². The highest BCUT2D eigenvalue weighted by molar-refractivity contribution is 7.25. The zero-order chi connectivity index (χ0) is 41.0. The Morgan fingerprint density at radius 3 is 1.40 bits per heavy atom. The Kier molecular flexibility index (Phi) is 8.58. The molecule has 4 heteroatoms. The Balaban J connectivity index is 0.992. The van der Waals surface area contributed by atoms with Crippen molar-refractivity contribution in [1.82, 2.24) is 15.0 Å². The van der Waals surface area contributed by atoms with Gasteiger partial charge in [0.1, 0.15) is 0 Å². The maximum atomic E-state index is 5.25. The molecule has 11 aromatic rings. The third-order valence-corrected chi connectivity index (χ3v) is 13.6. The Labute approximate surface area is 364 Å². The number of hydrogen-bond donors (Lipinski definition) is 0. The Morgan fingerprint density at radius 1 is 0.290 bits per heavy atom. The molecule has 1 aliphatic carbocycles. The Bertz CT molecular complexity index is 3390. The number of rotatable bonds is 7. The van der Waals surface area contributed by atoms with Gasteiger partial charge in [0, 0.05) is 36.9 Å². The predicted molar refractivity (Wildman–Crippen MR) is 257 cm³/mol. The second-order valence-corrected chi connectivity index (χ2v) is 17.0. The van der Waals surface area contributed by atoms with Gasteiger partial charge in [-0.05, 0) is 73.8 Å². The lowest BCUT2D eigenvalue weighted by Crippen LogP contribution is -2.28. The zero-order valence-electron chi connectivity index (χ0n) is 33.6. The fraction of sp³-hybridized carbons (Fsp3) is 0.0172. The van der Waals surface area contributed by atoms with Gasteiger partial charge in [-0.25, -0.2) is 15.0 Å². The van der Waals surface area contributed by atoms with Crippen molar-refractivity contribution in [2.24, 2.45) is 0 Å². The molecule has 62 heavy (non-hydrogen) atoms. The van der Waals surface area contributed by atoms with Crippen LogP contribution in [0, 0.1) is 0 Å². The topological polar surface area (TPSA) is 38.7 Å². The number of benzene rings is 9. The molecule has 0 saturated carbocycles. The summed E-state index contributed by atoms with van der Waals surface area (Å²) in [5.74, 6) is 1.90. The molecule has 2 heterocycles. The summed E-state index contributed by atoms with van der Waals surface area (Å²) < 4.78 is 2.60. The lowest BCUT2D eigenvalue weighted by atomic mass is 9.67. The van der Waals surface area contributed by atoms with Crippen LogP contribution in [0.25, 0.3) is 87.7 Å². The number of hydrogen-bond acceptors (Lipinski definition) is 4. The quantitative estimate of drug-likeness (QED) is 0.161. The van der Waals surface area contributed by atoms with E-state index in [2.05, 4.69) is 218 Å². The fourth-order valence-corrected chi connectivity index (χ4v) is 10.7.